The van der Waals surface area contributed by atoms with Crippen molar-refractivity contribution in [2.75, 3.05) is 6.61 Å². The van der Waals surface area contributed by atoms with Crippen LogP contribution in [-0.2, 0) is 17.6 Å². The molecule has 0 radical (unpaired) electrons. The number of ether oxygens (including phenoxy) is 1. The molecule has 0 saturated carbocycles. The van der Waals surface area contributed by atoms with Crippen LogP contribution in [0.4, 0.5) is 5.00 Å². The normalized spacial score (nSPS) is 13.3. The van der Waals surface area contributed by atoms with Crippen molar-refractivity contribution in [1.82, 2.24) is 4.57 Å². The quantitative estimate of drug-likeness (QED) is 0.257. The summed E-state index contributed by atoms with van der Waals surface area (Å²) < 4.78 is 6.55. The number of thiophene rings is 1. The number of rotatable bonds is 5. The van der Waals surface area contributed by atoms with Gasteiger partial charge in [-0.05, 0) is 62.4 Å². The fraction of sp³-hybridized carbons (Fsp3) is 0.222. The molecule has 6 nitrogen and oxygen atoms in total. The Morgan fingerprint density at radius 2 is 1.94 bits per heavy atom. The summed E-state index contributed by atoms with van der Waals surface area (Å²) in [5.41, 5.74) is 1.98. The second-order valence-electron chi connectivity index (χ2n) is 8.27. The molecule has 0 amide bonds. The summed E-state index contributed by atoms with van der Waals surface area (Å²) in [7, 11) is 0. The third-order valence-corrected chi connectivity index (χ3v) is 7.55. The van der Waals surface area contributed by atoms with Crippen molar-refractivity contribution in [2.24, 2.45) is 4.99 Å². The zero-order valence-electron chi connectivity index (χ0n) is 19.1. The molecule has 5 rings (SSSR count). The lowest BCUT2D eigenvalue weighted by atomic mass is 9.95. The summed E-state index contributed by atoms with van der Waals surface area (Å²) in [6.07, 6.45) is 5.36. The fourth-order valence-corrected chi connectivity index (χ4v) is 5.93. The maximum Gasteiger partial charge on any atom is 0.341 e. The van der Waals surface area contributed by atoms with Crippen molar-refractivity contribution in [3.05, 3.63) is 85.5 Å². The lowest BCUT2D eigenvalue weighted by Crippen LogP contribution is -2.20. The predicted octanol–water partition coefficient (Wildman–Crippen LogP) is 6.22. The van der Waals surface area contributed by atoms with Crippen LogP contribution in [0, 0.1) is 0 Å². The minimum absolute atomic E-state index is 0.251. The lowest BCUT2D eigenvalue weighted by Gasteiger charge is -2.14. The zero-order valence-corrected chi connectivity index (χ0v) is 20.7. The van der Waals surface area contributed by atoms with E-state index in [1.807, 2.05) is 0 Å². The van der Waals surface area contributed by atoms with E-state index >= 15 is 0 Å². The van der Waals surface area contributed by atoms with Gasteiger partial charge in [0.15, 0.2) is 0 Å². The Morgan fingerprint density at radius 3 is 2.71 bits per heavy atom. The first kappa shape index (κ1) is 23.3. The van der Waals surface area contributed by atoms with Crippen molar-refractivity contribution >= 4 is 50.9 Å². The van der Waals surface area contributed by atoms with Crippen LogP contribution in [0.25, 0.3) is 16.5 Å². The number of aliphatic imine (C=N–C) groups is 1. The van der Waals surface area contributed by atoms with E-state index in [0.717, 1.165) is 36.1 Å². The standard InChI is InChI=1S/C27H23ClN2O4S/c1-2-34-27(33)23-20-12-5-6-13-22(20)35-24(23)29-15-21-18-10-3-4-11-19(18)25(31)30(26(21)32)17-9-7-8-16(28)14-17/h3-4,7-11,14-15,32H,2,5-6,12-13H2,1H3. The van der Waals surface area contributed by atoms with Gasteiger partial charge in [-0.15, -0.1) is 11.3 Å². The van der Waals surface area contributed by atoms with Crippen LogP contribution >= 0.6 is 22.9 Å². The monoisotopic (exact) mass is 506 g/mol. The maximum absolute atomic E-state index is 13.3. The Kier molecular flexibility index (Phi) is 6.45. The number of aromatic hydroxyl groups is 1. The molecule has 0 spiro atoms. The van der Waals surface area contributed by atoms with Gasteiger partial charge in [-0.3, -0.25) is 4.79 Å². The Balaban J connectivity index is 1.71. The number of carbonyl (C=O) groups is 1. The Labute approximate surface area is 211 Å². The highest BCUT2D eigenvalue weighted by molar-refractivity contribution is 7.16. The van der Waals surface area contributed by atoms with Gasteiger partial charge >= 0.3 is 5.97 Å². The van der Waals surface area contributed by atoms with E-state index in [9.17, 15) is 14.7 Å². The van der Waals surface area contributed by atoms with Crippen LogP contribution in [0.5, 0.6) is 5.88 Å². The van der Waals surface area contributed by atoms with Crippen molar-refractivity contribution in [1.29, 1.82) is 0 Å². The van der Waals surface area contributed by atoms with Crippen LogP contribution in [0.2, 0.25) is 5.02 Å². The molecule has 0 atom stereocenters. The average molecular weight is 507 g/mol. The molecular formula is C27H23ClN2O4S. The molecule has 0 aliphatic heterocycles. The highest BCUT2D eigenvalue weighted by Crippen LogP contribution is 2.40. The molecule has 0 saturated heterocycles. The van der Waals surface area contributed by atoms with Gasteiger partial charge < -0.3 is 9.84 Å². The Bertz CT molecular complexity index is 1540. The molecule has 2 aromatic heterocycles. The van der Waals surface area contributed by atoms with Crippen molar-refractivity contribution < 1.29 is 14.6 Å². The summed E-state index contributed by atoms with van der Waals surface area (Å²) in [6.45, 7) is 2.06. The number of carbonyl (C=O) groups excluding carboxylic acids is 1. The number of halogens is 1. The van der Waals surface area contributed by atoms with E-state index in [2.05, 4.69) is 4.99 Å². The minimum Gasteiger partial charge on any atom is -0.494 e. The molecule has 0 unspecified atom stereocenters. The molecule has 2 heterocycles. The molecule has 35 heavy (non-hydrogen) atoms. The summed E-state index contributed by atoms with van der Waals surface area (Å²) in [6, 6.07) is 13.8. The summed E-state index contributed by atoms with van der Waals surface area (Å²) >= 11 is 7.64. The molecule has 2 aromatic carbocycles. The molecule has 1 N–H and O–H groups in total. The second-order valence-corrected chi connectivity index (χ2v) is 9.79. The number of hydrogen-bond donors (Lipinski definition) is 1. The number of aryl methyl sites for hydroxylation is 1. The molecule has 0 bridgehead atoms. The van der Waals surface area contributed by atoms with E-state index in [4.69, 9.17) is 16.3 Å². The van der Waals surface area contributed by atoms with Gasteiger partial charge in [-0.25, -0.2) is 14.4 Å². The first-order valence-corrected chi connectivity index (χ1v) is 12.7. The predicted molar refractivity (Wildman–Crippen MR) is 140 cm³/mol. The Hall–Kier alpha value is -3.42. The first-order chi connectivity index (χ1) is 17.0. The fourth-order valence-electron chi connectivity index (χ4n) is 4.52. The number of nitrogens with zero attached hydrogens (tertiary/aromatic N) is 2. The average Bonchev–Trinajstić information content (AvgIpc) is 3.23. The smallest absolute Gasteiger partial charge is 0.341 e. The molecule has 1 aliphatic carbocycles. The Morgan fingerprint density at radius 1 is 1.17 bits per heavy atom. The molecule has 8 heteroatoms. The van der Waals surface area contributed by atoms with E-state index < -0.39 is 0 Å². The topological polar surface area (TPSA) is 80.9 Å². The number of pyridine rings is 1. The van der Waals surface area contributed by atoms with Crippen molar-refractivity contribution in [3.63, 3.8) is 0 Å². The first-order valence-electron chi connectivity index (χ1n) is 11.5. The van der Waals surface area contributed by atoms with Gasteiger partial charge in [-0.1, -0.05) is 35.9 Å². The number of benzene rings is 2. The SMILES string of the molecule is CCOC(=O)c1c(N=Cc2c(O)n(-c3cccc(Cl)c3)c(=O)c3ccccc23)sc2c1CCCC2. The van der Waals surface area contributed by atoms with Gasteiger partial charge in [0.25, 0.3) is 5.56 Å². The van der Waals surface area contributed by atoms with E-state index in [0.29, 0.717) is 37.6 Å². The van der Waals surface area contributed by atoms with Crippen LogP contribution in [0.3, 0.4) is 0 Å². The van der Waals surface area contributed by atoms with Crippen LogP contribution in [0.15, 0.2) is 58.3 Å². The highest BCUT2D eigenvalue weighted by Gasteiger charge is 2.26. The number of fused-ring (bicyclic) bond motifs is 2. The van der Waals surface area contributed by atoms with Gasteiger partial charge in [0.2, 0.25) is 5.88 Å². The summed E-state index contributed by atoms with van der Waals surface area (Å²) in [4.78, 5) is 31.9. The molecular weight excluding hydrogens is 484 g/mol. The highest BCUT2D eigenvalue weighted by atomic mass is 35.5. The number of aromatic nitrogens is 1. The van der Waals surface area contributed by atoms with E-state index in [-0.39, 0.29) is 24.0 Å². The third-order valence-electron chi connectivity index (χ3n) is 6.11. The molecule has 0 fully saturated rings. The summed E-state index contributed by atoms with van der Waals surface area (Å²) in [5.74, 6) is -0.629. The summed E-state index contributed by atoms with van der Waals surface area (Å²) in [5, 5.41) is 13.3. The lowest BCUT2D eigenvalue weighted by molar-refractivity contribution is 0.0526. The van der Waals surface area contributed by atoms with Crippen LogP contribution in [0.1, 0.15) is 46.1 Å². The number of esters is 1. The van der Waals surface area contributed by atoms with Gasteiger partial charge in [0.1, 0.15) is 5.00 Å². The number of hydrogen-bond acceptors (Lipinski definition) is 6. The van der Waals surface area contributed by atoms with E-state index in [1.54, 1.807) is 55.5 Å². The van der Waals surface area contributed by atoms with Crippen molar-refractivity contribution in [2.45, 2.75) is 32.6 Å². The van der Waals surface area contributed by atoms with Crippen LogP contribution < -0.4 is 5.56 Å². The zero-order chi connectivity index (χ0) is 24.5. The van der Waals surface area contributed by atoms with Gasteiger partial charge in [0.05, 0.1) is 23.4 Å². The molecule has 1 aliphatic rings. The van der Waals surface area contributed by atoms with Gasteiger partial charge in [0, 0.05) is 26.9 Å². The molecule has 4 aromatic rings. The van der Waals surface area contributed by atoms with E-state index in [1.165, 1.54) is 22.1 Å². The maximum atomic E-state index is 13.3. The second kappa shape index (κ2) is 9.68. The largest absolute Gasteiger partial charge is 0.494 e. The van der Waals surface area contributed by atoms with Crippen LogP contribution in [-0.4, -0.2) is 28.5 Å². The molecule has 178 valence electrons. The minimum atomic E-state index is -0.378. The van der Waals surface area contributed by atoms with Gasteiger partial charge in [-0.2, -0.15) is 0 Å². The third kappa shape index (κ3) is 4.26. The van der Waals surface area contributed by atoms with Crippen molar-refractivity contribution in [3.8, 4) is 11.6 Å².